The standard InChI is InChI=1S/C24H29NO4SSi/c1-24(30(27,28)17-11-7-6-8-12-17)21(31(3,4)5)15-20-22(23(24)26)18-13-9-10-14-19(18)25(20)16-29-2/h6-14,21H,15-16H2,1-5H3/t21-,24-/m1/s1. The van der Waals surface area contributed by atoms with Crippen LogP contribution in [0.3, 0.4) is 0 Å². The van der Waals surface area contributed by atoms with Gasteiger partial charge in [-0.2, -0.15) is 0 Å². The van der Waals surface area contributed by atoms with Gasteiger partial charge >= 0.3 is 0 Å². The quantitative estimate of drug-likeness (QED) is 0.512. The largest absolute Gasteiger partial charge is 0.364 e. The smallest absolute Gasteiger partial charge is 0.191 e. The fourth-order valence-electron chi connectivity index (χ4n) is 5.18. The number of rotatable bonds is 5. The third-order valence-electron chi connectivity index (χ3n) is 6.73. The highest BCUT2D eigenvalue weighted by Crippen LogP contribution is 2.51. The van der Waals surface area contributed by atoms with Crippen LogP contribution in [-0.2, 0) is 27.7 Å². The van der Waals surface area contributed by atoms with Crippen molar-refractivity contribution in [2.75, 3.05) is 7.11 Å². The first-order valence-electron chi connectivity index (χ1n) is 10.5. The zero-order valence-corrected chi connectivity index (χ0v) is 20.5. The first-order chi connectivity index (χ1) is 14.5. The summed E-state index contributed by atoms with van der Waals surface area (Å²) in [6.07, 6.45) is 0.539. The molecule has 0 fully saturated rings. The summed E-state index contributed by atoms with van der Waals surface area (Å²) in [7, 11) is -4.38. The van der Waals surface area contributed by atoms with Crippen molar-refractivity contribution < 1.29 is 17.9 Å². The summed E-state index contributed by atoms with van der Waals surface area (Å²) < 4.78 is 34.0. The molecule has 0 aliphatic heterocycles. The number of sulfone groups is 1. The molecule has 2 atom stereocenters. The van der Waals surface area contributed by atoms with E-state index in [-0.39, 0.29) is 16.2 Å². The van der Waals surface area contributed by atoms with Crippen LogP contribution >= 0.6 is 0 Å². The Bertz CT molecular complexity index is 1260. The van der Waals surface area contributed by atoms with Crippen LogP contribution in [0.25, 0.3) is 10.9 Å². The van der Waals surface area contributed by atoms with Crippen LogP contribution < -0.4 is 0 Å². The lowest BCUT2D eigenvalue weighted by molar-refractivity contribution is 0.0925. The van der Waals surface area contributed by atoms with Crippen LogP contribution in [0.4, 0.5) is 0 Å². The molecule has 0 saturated carbocycles. The Labute approximate surface area is 185 Å². The van der Waals surface area contributed by atoms with Crippen LogP contribution in [-0.4, -0.2) is 38.7 Å². The maximum absolute atomic E-state index is 14.2. The highest BCUT2D eigenvalue weighted by atomic mass is 32.2. The number of Topliss-reactive ketones (excluding diaryl/α,β-unsaturated/α-hetero) is 1. The molecule has 2 aromatic carbocycles. The van der Waals surface area contributed by atoms with Crippen molar-refractivity contribution >= 4 is 34.6 Å². The molecule has 164 valence electrons. The van der Waals surface area contributed by atoms with E-state index < -0.39 is 22.7 Å². The molecule has 0 bridgehead atoms. The number of fused-ring (bicyclic) bond motifs is 3. The zero-order chi connectivity index (χ0) is 22.6. The maximum Gasteiger partial charge on any atom is 0.191 e. The second-order valence-electron chi connectivity index (χ2n) is 9.56. The molecule has 1 aliphatic carbocycles. The number of para-hydroxylation sites is 1. The van der Waals surface area contributed by atoms with Crippen molar-refractivity contribution in [2.24, 2.45) is 0 Å². The molecule has 0 spiro atoms. The Morgan fingerprint density at radius 2 is 1.68 bits per heavy atom. The van der Waals surface area contributed by atoms with Crippen LogP contribution in [0, 0.1) is 0 Å². The number of hydrogen-bond acceptors (Lipinski definition) is 4. The van der Waals surface area contributed by atoms with Gasteiger partial charge in [0, 0.05) is 23.8 Å². The van der Waals surface area contributed by atoms with Gasteiger partial charge in [0.15, 0.2) is 15.6 Å². The summed E-state index contributed by atoms with van der Waals surface area (Å²) in [5.41, 5.74) is 2.05. The van der Waals surface area contributed by atoms with Crippen molar-refractivity contribution in [3.8, 4) is 0 Å². The number of ether oxygens (including phenoxy) is 1. The fourth-order valence-corrected chi connectivity index (χ4v) is 11.1. The van der Waals surface area contributed by atoms with Crippen molar-refractivity contribution in [3.63, 3.8) is 0 Å². The van der Waals surface area contributed by atoms with E-state index in [0.29, 0.717) is 18.7 Å². The Morgan fingerprint density at radius 3 is 2.29 bits per heavy atom. The lowest BCUT2D eigenvalue weighted by Gasteiger charge is -2.45. The second kappa shape index (κ2) is 7.43. The summed E-state index contributed by atoms with van der Waals surface area (Å²) in [5, 5.41) is 0.795. The number of nitrogens with zero attached hydrogens (tertiary/aromatic N) is 1. The van der Waals surface area contributed by atoms with E-state index in [2.05, 4.69) is 19.6 Å². The average molecular weight is 456 g/mol. The van der Waals surface area contributed by atoms with Crippen LogP contribution in [0.2, 0.25) is 25.2 Å². The predicted molar refractivity (Wildman–Crippen MR) is 126 cm³/mol. The predicted octanol–water partition coefficient (Wildman–Crippen LogP) is 4.93. The zero-order valence-electron chi connectivity index (χ0n) is 18.7. The summed E-state index contributed by atoms with van der Waals surface area (Å²) >= 11 is 0. The van der Waals surface area contributed by atoms with Crippen molar-refractivity contribution in [3.05, 3.63) is 65.9 Å². The van der Waals surface area contributed by atoms with Gasteiger partial charge in [-0.15, -0.1) is 0 Å². The molecular weight excluding hydrogens is 426 g/mol. The monoisotopic (exact) mass is 455 g/mol. The minimum absolute atomic E-state index is 0.207. The molecule has 0 amide bonds. The van der Waals surface area contributed by atoms with Gasteiger partial charge in [-0.3, -0.25) is 4.79 Å². The summed E-state index contributed by atoms with van der Waals surface area (Å²) in [6, 6.07) is 16.1. The van der Waals surface area contributed by atoms with E-state index in [9.17, 15) is 13.2 Å². The minimum Gasteiger partial charge on any atom is -0.364 e. The highest BCUT2D eigenvalue weighted by Gasteiger charge is 2.60. The van der Waals surface area contributed by atoms with Gasteiger partial charge in [-0.25, -0.2) is 8.42 Å². The van der Waals surface area contributed by atoms with Gasteiger partial charge in [0.2, 0.25) is 0 Å². The number of ketones is 1. The summed E-state index contributed by atoms with van der Waals surface area (Å²) in [4.78, 5) is 14.4. The van der Waals surface area contributed by atoms with Gasteiger partial charge in [-0.05, 0) is 37.1 Å². The maximum atomic E-state index is 14.2. The number of aromatic nitrogens is 1. The molecule has 0 saturated heterocycles. The van der Waals surface area contributed by atoms with E-state index >= 15 is 0 Å². The molecule has 3 aromatic rings. The molecule has 4 rings (SSSR count). The van der Waals surface area contributed by atoms with Gasteiger partial charge in [0.1, 0.15) is 11.5 Å². The first kappa shape index (κ1) is 22.0. The first-order valence-corrected chi connectivity index (χ1v) is 15.5. The van der Waals surface area contributed by atoms with Gasteiger partial charge < -0.3 is 9.30 Å². The van der Waals surface area contributed by atoms with Gasteiger partial charge in [-0.1, -0.05) is 56.0 Å². The molecule has 1 aromatic heterocycles. The molecule has 7 heteroatoms. The summed E-state index contributed by atoms with van der Waals surface area (Å²) in [5.74, 6) is -0.295. The lowest BCUT2D eigenvalue weighted by atomic mass is 9.84. The van der Waals surface area contributed by atoms with Gasteiger partial charge in [0.05, 0.1) is 18.5 Å². The van der Waals surface area contributed by atoms with E-state index in [0.717, 1.165) is 16.6 Å². The van der Waals surface area contributed by atoms with Crippen LogP contribution in [0.15, 0.2) is 59.5 Å². The third-order valence-corrected chi connectivity index (χ3v) is 12.3. The van der Waals surface area contributed by atoms with E-state index in [1.165, 1.54) is 0 Å². The third kappa shape index (κ3) is 3.13. The second-order valence-corrected chi connectivity index (χ2v) is 17.3. The number of methoxy groups -OCH3 is 1. The Hall–Kier alpha value is -2.22. The van der Waals surface area contributed by atoms with Crippen molar-refractivity contribution in [2.45, 2.75) is 54.9 Å². The van der Waals surface area contributed by atoms with Crippen molar-refractivity contribution in [1.82, 2.24) is 4.57 Å². The lowest BCUT2D eigenvalue weighted by Crippen LogP contribution is -2.57. The van der Waals surface area contributed by atoms with E-state index in [4.69, 9.17) is 4.74 Å². The molecule has 31 heavy (non-hydrogen) atoms. The molecule has 5 nitrogen and oxygen atoms in total. The molecule has 1 heterocycles. The van der Waals surface area contributed by atoms with E-state index in [1.807, 2.05) is 28.8 Å². The van der Waals surface area contributed by atoms with Crippen molar-refractivity contribution in [1.29, 1.82) is 0 Å². The number of benzene rings is 2. The number of carbonyl (C=O) groups is 1. The Kier molecular flexibility index (Phi) is 5.27. The van der Waals surface area contributed by atoms with E-state index in [1.54, 1.807) is 44.4 Å². The molecule has 0 radical (unpaired) electrons. The number of hydrogen-bond donors (Lipinski definition) is 0. The number of carbonyl (C=O) groups excluding carboxylic acids is 1. The molecular formula is C24H29NO4SSi. The SMILES string of the molecule is COCn1c2c(c3ccccc31)C(=O)[C@](C)(S(=O)(=O)c1ccccc1)[C@H]([Si](C)(C)C)C2. The molecule has 1 aliphatic rings. The topological polar surface area (TPSA) is 65.4 Å². The van der Waals surface area contributed by atoms with Crippen LogP contribution in [0.1, 0.15) is 23.0 Å². The highest BCUT2D eigenvalue weighted by molar-refractivity contribution is 7.93. The Balaban J connectivity index is 2.06. The minimum atomic E-state index is -3.91. The van der Waals surface area contributed by atoms with Gasteiger partial charge in [0.25, 0.3) is 0 Å². The molecule has 0 N–H and O–H groups in total. The molecule has 0 unspecified atom stereocenters. The summed E-state index contributed by atoms with van der Waals surface area (Å²) in [6.45, 7) is 8.43. The average Bonchev–Trinajstić information content (AvgIpc) is 3.04. The normalized spacial score (nSPS) is 22.0. The fraction of sp³-hybridized carbons (Fsp3) is 0.375. The Morgan fingerprint density at radius 1 is 1.06 bits per heavy atom. The van der Waals surface area contributed by atoms with Crippen LogP contribution in [0.5, 0.6) is 0 Å².